The first kappa shape index (κ1) is 8.81. The summed E-state index contributed by atoms with van der Waals surface area (Å²) in [5, 5.41) is 9.66. The predicted molar refractivity (Wildman–Crippen MR) is 52.6 cm³/mol. The standard InChI is InChI=1S/C11H10O3/c1-6-4-3-5-8-9(11(12)13)7(2)14-10(6)8/h3-5H,1-2H3,(H,12,13). The molecule has 0 saturated carbocycles. The molecule has 1 heterocycles. The number of fused-ring (bicyclic) bond motifs is 1. The Bertz CT molecular complexity index is 508. The summed E-state index contributed by atoms with van der Waals surface area (Å²) in [7, 11) is 0. The van der Waals surface area contributed by atoms with Gasteiger partial charge < -0.3 is 9.52 Å². The van der Waals surface area contributed by atoms with Gasteiger partial charge in [0.15, 0.2) is 0 Å². The third kappa shape index (κ3) is 1.09. The smallest absolute Gasteiger partial charge is 0.339 e. The van der Waals surface area contributed by atoms with Crippen LogP contribution in [0.1, 0.15) is 21.7 Å². The molecule has 0 atom stereocenters. The third-order valence-corrected chi connectivity index (χ3v) is 2.30. The van der Waals surface area contributed by atoms with Gasteiger partial charge in [0.2, 0.25) is 0 Å². The van der Waals surface area contributed by atoms with Gasteiger partial charge in [-0.15, -0.1) is 0 Å². The van der Waals surface area contributed by atoms with Crippen LogP contribution in [0.25, 0.3) is 11.0 Å². The van der Waals surface area contributed by atoms with Crippen molar-refractivity contribution in [1.29, 1.82) is 0 Å². The van der Waals surface area contributed by atoms with Gasteiger partial charge in [0.05, 0.1) is 0 Å². The van der Waals surface area contributed by atoms with Crippen molar-refractivity contribution in [2.45, 2.75) is 13.8 Å². The molecule has 1 aromatic carbocycles. The first-order valence-corrected chi connectivity index (χ1v) is 4.33. The Hall–Kier alpha value is -1.77. The molecule has 2 aromatic rings. The van der Waals surface area contributed by atoms with E-state index in [0.717, 1.165) is 5.56 Å². The van der Waals surface area contributed by atoms with E-state index in [1.54, 1.807) is 13.0 Å². The van der Waals surface area contributed by atoms with Crippen LogP contribution in [0.5, 0.6) is 0 Å². The van der Waals surface area contributed by atoms with Gasteiger partial charge in [0, 0.05) is 5.39 Å². The number of benzene rings is 1. The minimum absolute atomic E-state index is 0.267. The van der Waals surface area contributed by atoms with Crippen LogP contribution in [0.2, 0.25) is 0 Å². The van der Waals surface area contributed by atoms with Gasteiger partial charge in [-0.25, -0.2) is 4.79 Å². The Morgan fingerprint density at radius 1 is 1.36 bits per heavy atom. The van der Waals surface area contributed by atoms with Crippen LogP contribution in [0.3, 0.4) is 0 Å². The number of carboxylic acids is 1. The molecule has 0 fully saturated rings. The van der Waals surface area contributed by atoms with Crippen LogP contribution in [-0.2, 0) is 0 Å². The molecule has 3 heteroatoms. The van der Waals surface area contributed by atoms with E-state index in [1.165, 1.54) is 0 Å². The van der Waals surface area contributed by atoms with Crippen molar-refractivity contribution in [2.75, 3.05) is 0 Å². The average molecular weight is 190 g/mol. The van der Waals surface area contributed by atoms with E-state index >= 15 is 0 Å². The summed E-state index contributed by atoms with van der Waals surface area (Å²) >= 11 is 0. The minimum Gasteiger partial charge on any atom is -0.478 e. The highest BCUT2D eigenvalue weighted by atomic mass is 16.4. The lowest BCUT2D eigenvalue weighted by Crippen LogP contribution is -1.96. The van der Waals surface area contributed by atoms with Crippen molar-refractivity contribution in [3.8, 4) is 0 Å². The largest absolute Gasteiger partial charge is 0.478 e. The maximum Gasteiger partial charge on any atom is 0.339 e. The molecule has 0 aliphatic heterocycles. The summed E-state index contributed by atoms with van der Waals surface area (Å²) < 4.78 is 5.41. The molecule has 72 valence electrons. The van der Waals surface area contributed by atoms with Crippen LogP contribution in [0, 0.1) is 13.8 Å². The van der Waals surface area contributed by atoms with Crippen molar-refractivity contribution in [3.63, 3.8) is 0 Å². The Balaban J connectivity index is 2.90. The van der Waals surface area contributed by atoms with Crippen molar-refractivity contribution in [2.24, 2.45) is 0 Å². The van der Waals surface area contributed by atoms with Crippen LogP contribution in [-0.4, -0.2) is 11.1 Å². The topological polar surface area (TPSA) is 50.4 Å². The number of hydrogen-bond donors (Lipinski definition) is 1. The summed E-state index contributed by atoms with van der Waals surface area (Å²) in [5.74, 6) is -0.478. The quantitative estimate of drug-likeness (QED) is 0.752. The Kier molecular flexibility index (Phi) is 1.81. The second kappa shape index (κ2) is 2.87. The summed E-state index contributed by atoms with van der Waals surface area (Å²) in [6.45, 7) is 3.57. The van der Waals surface area contributed by atoms with E-state index in [1.807, 2.05) is 19.1 Å². The third-order valence-electron chi connectivity index (χ3n) is 2.30. The van der Waals surface area contributed by atoms with Crippen molar-refractivity contribution >= 4 is 16.9 Å². The highest BCUT2D eigenvalue weighted by Crippen LogP contribution is 2.27. The predicted octanol–water partition coefficient (Wildman–Crippen LogP) is 2.75. The number of carboxylic acid groups (broad SMARTS) is 1. The molecule has 2 rings (SSSR count). The van der Waals surface area contributed by atoms with Gasteiger partial charge in [-0.3, -0.25) is 0 Å². The van der Waals surface area contributed by atoms with Gasteiger partial charge in [0.1, 0.15) is 16.9 Å². The van der Waals surface area contributed by atoms with Crippen LogP contribution in [0.15, 0.2) is 22.6 Å². The van der Waals surface area contributed by atoms with E-state index in [9.17, 15) is 4.79 Å². The first-order chi connectivity index (χ1) is 6.61. The van der Waals surface area contributed by atoms with Gasteiger partial charge in [-0.1, -0.05) is 18.2 Å². The van der Waals surface area contributed by atoms with E-state index in [0.29, 0.717) is 16.7 Å². The Morgan fingerprint density at radius 2 is 2.07 bits per heavy atom. The maximum atomic E-state index is 10.9. The van der Waals surface area contributed by atoms with Gasteiger partial charge in [-0.2, -0.15) is 0 Å². The first-order valence-electron chi connectivity index (χ1n) is 4.33. The summed E-state index contributed by atoms with van der Waals surface area (Å²) in [5.41, 5.74) is 1.89. The lowest BCUT2D eigenvalue weighted by Gasteiger charge is -1.93. The van der Waals surface area contributed by atoms with Crippen molar-refractivity contribution in [1.82, 2.24) is 0 Å². The molecule has 0 aliphatic carbocycles. The zero-order valence-corrected chi connectivity index (χ0v) is 8.00. The monoisotopic (exact) mass is 190 g/mol. The lowest BCUT2D eigenvalue weighted by atomic mass is 10.1. The average Bonchev–Trinajstić information content (AvgIpc) is 2.42. The van der Waals surface area contributed by atoms with E-state index in [4.69, 9.17) is 9.52 Å². The summed E-state index contributed by atoms with van der Waals surface area (Å²) in [6.07, 6.45) is 0. The molecular weight excluding hydrogens is 180 g/mol. The number of aryl methyl sites for hydroxylation is 2. The minimum atomic E-state index is -0.938. The van der Waals surface area contributed by atoms with Gasteiger partial charge in [0.25, 0.3) is 0 Å². The molecule has 0 amide bonds. The fraction of sp³-hybridized carbons (Fsp3) is 0.182. The van der Waals surface area contributed by atoms with Crippen molar-refractivity contribution in [3.05, 3.63) is 35.1 Å². The molecule has 0 radical (unpaired) electrons. The zero-order valence-electron chi connectivity index (χ0n) is 8.00. The number of furan rings is 1. The van der Waals surface area contributed by atoms with E-state index < -0.39 is 5.97 Å². The maximum absolute atomic E-state index is 10.9. The van der Waals surface area contributed by atoms with Gasteiger partial charge in [-0.05, 0) is 19.4 Å². The fourth-order valence-electron chi connectivity index (χ4n) is 1.64. The van der Waals surface area contributed by atoms with Crippen LogP contribution in [0.4, 0.5) is 0 Å². The molecule has 0 unspecified atom stereocenters. The highest BCUT2D eigenvalue weighted by Gasteiger charge is 2.17. The van der Waals surface area contributed by atoms with E-state index in [-0.39, 0.29) is 5.56 Å². The summed E-state index contributed by atoms with van der Waals surface area (Å²) in [4.78, 5) is 10.9. The van der Waals surface area contributed by atoms with E-state index in [2.05, 4.69) is 0 Å². The summed E-state index contributed by atoms with van der Waals surface area (Å²) in [6, 6.07) is 5.50. The van der Waals surface area contributed by atoms with Gasteiger partial charge >= 0.3 is 5.97 Å². The molecular formula is C11H10O3. The Morgan fingerprint density at radius 3 is 2.71 bits per heavy atom. The number of carbonyl (C=O) groups is 1. The number of aromatic carboxylic acids is 1. The number of hydrogen-bond acceptors (Lipinski definition) is 2. The molecule has 3 nitrogen and oxygen atoms in total. The lowest BCUT2D eigenvalue weighted by molar-refractivity contribution is 0.0697. The molecule has 0 bridgehead atoms. The normalized spacial score (nSPS) is 10.7. The highest BCUT2D eigenvalue weighted by molar-refractivity contribution is 6.04. The van der Waals surface area contributed by atoms with Crippen LogP contribution < -0.4 is 0 Å². The molecule has 0 spiro atoms. The Labute approximate surface area is 81.0 Å². The molecule has 1 aromatic heterocycles. The van der Waals surface area contributed by atoms with Crippen LogP contribution >= 0.6 is 0 Å². The molecule has 14 heavy (non-hydrogen) atoms. The second-order valence-electron chi connectivity index (χ2n) is 3.29. The van der Waals surface area contributed by atoms with Crippen molar-refractivity contribution < 1.29 is 14.3 Å². The zero-order chi connectivity index (χ0) is 10.3. The number of para-hydroxylation sites is 1. The fourth-order valence-corrected chi connectivity index (χ4v) is 1.64. The number of rotatable bonds is 1. The molecule has 1 N–H and O–H groups in total. The molecule has 0 aliphatic rings. The molecule has 0 saturated heterocycles. The SMILES string of the molecule is Cc1oc2c(C)cccc2c1C(=O)O. The second-order valence-corrected chi connectivity index (χ2v) is 3.29.